The van der Waals surface area contributed by atoms with Crippen LogP contribution in [0.3, 0.4) is 0 Å². The Kier molecular flexibility index (Phi) is 7.54. The van der Waals surface area contributed by atoms with Crippen LogP contribution in [0.1, 0.15) is 31.4 Å². The van der Waals surface area contributed by atoms with Gasteiger partial charge in [0, 0.05) is 30.0 Å². The molecule has 2 heterocycles. The molecule has 1 saturated heterocycles. The van der Waals surface area contributed by atoms with Gasteiger partial charge >= 0.3 is 0 Å². The summed E-state index contributed by atoms with van der Waals surface area (Å²) in [6.07, 6.45) is 3.08. The summed E-state index contributed by atoms with van der Waals surface area (Å²) >= 11 is 0. The largest absolute Gasteiger partial charge is 0.492 e. The van der Waals surface area contributed by atoms with Gasteiger partial charge in [-0.15, -0.1) is 0 Å². The van der Waals surface area contributed by atoms with Gasteiger partial charge in [-0.1, -0.05) is 25.1 Å². The lowest BCUT2D eigenvalue weighted by Crippen LogP contribution is -2.39. The number of hydrogen-bond donors (Lipinski definition) is 4. The summed E-state index contributed by atoms with van der Waals surface area (Å²) in [6, 6.07) is 13.1. The van der Waals surface area contributed by atoms with Gasteiger partial charge in [0.15, 0.2) is 11.6 Å². The van der Waals surface area contributed by atoms with E-state index in [2.05, 4.69) is 32.5 Å². The summed E-state index contributed by atoms with van der Waals surface area (Å²) in [5.41, 5.74) is 10.0. The van der Waals surface area contributed by atoms with E-state index in [1.165, 1.54) is 24.8 Å². The van der Waals surface area contributed by atoms with E-state index < -0.39 is 15.8 Å². The van der Waals surface area contributed by atoms with Crippen LogP contribution in [0.4, 0.5) is 15.9 Å². The number of sulfonamides is 1. The topological polar surface area (TPSA) is 118 Å². The zero-order valence-electron chi connectivity index (χ0n) is 19.8. The molecule has 1 atom stereocenters. The normalized spacial score (nSPS) is 16.1. The molecule has 0 bridgehead atoms. The molecule has 1 aliphatic rings. The molecule has 3 aromatic rings. The molecule has 186 valence electrons. The van der Waals surface area contributed by atoms with Crippen LogP contribution >= 0.6 is 0 Å². The number of nitrogens with two attached hydrogens (primary N) is 1. The first-order valence-corrected chi connectivity index (χ1v) is 13.1. The standard InChI is InChI=1S/C25H30FN5O3S/c1-3-9-35(32,33)31-23-13-18(12-21(26)24(23)34-2)20-11-19(14-29-25(20)27)16-5-4-6-17(10-16)22-7-8-28-15-30-22/h4-6,10-14,22,28,30-31H,3,7-9,15H2,1-2H3,(H2,27,29). The van der Waals surface area contributed by atoms with E-state index in [9.17, 15) is 12.8 Å². The van der Waals surface area contributed by atoms with Crippen molar-refractivity contribution in [2.75, 3.05) is 36.5 Å². The van der Waals surface area contributed by atoms with Gasteiger partial charge in [0.2, 0.25) is 10.0 Å². The van der Waals surface area contributed by atoms with Crippen LogP contribution in [0.2, 0.25) is 0 Å². The average molecular weight is 500 g/mol. The minimum Gasteiger partial charge on any atom is -0.492 e. The Hall–Kier alpha value is -3.21. The summed E-state index contributed by atoms with van der Waals surface area (Å²) in [4.78, 5) is 4.34. The van der Waals surface area contributed by atoms with Crippen LogP contribution in [-0.2, 0) is 10.0 Å². The second kappa shape index (κ2) is 10.6. The van der Waals surface area contributed by atoms with Gasteiger partial charge in [-0.2, -0.15) is 0 Å². The number of hydrogen-bond acceptors (Lipinski definition) is 7. The molecule has 0 radical (unpaired) electrons. The molecule has 10 heteroatoms. The molecule has 1 aromatic heterocycles. The molecule has 4 rings (SSSR count). The highest BCUT2D eigenvalue weighted by atomic mass is 32.2. The summed E-state index contributed by atoms with van der Waals surface area (Å²) < 4.78 is 47.2. The lowest BCUT2D eigenvalue weighted by Gasteiger charge is -2.25. The fourth-order valence-corrected chi connectivity index (χ4v) is 5.36. The van der Waals surface area contributed by atoms with Gasteiger partial charge < -0.3 is 15.8 Å². The highest BCUT2D eigenvalue weighted by Gasteiger charge is 2.20. The second-order valence-corrected chi connectivity index (χ2v) is 10.3. The Morgan fingerprint density at radius 1 is 1.20 bits per heavy atom. The van der Waals surface area contributed by atoms with E-state index in [0.29, 0.717) is 17.5 Å². The number of ether oxygens (including phenoxy) is 1. The maximum absolute atomic E-state index is 14.9. The molecule has 0 aliphatic carbocycles. The molecule has 1 fully saturated rings. The molecule has 35 heavy (non-hydrogen) atoms. The van der Waals surface area contributed by atoms with E-state index >= 15 is 0 Å². The number of nitrogens with one attached hydrogen (secondary N) is 3. The van der Waals surface area contributed by atoms with Gasteiger partial charge in [-0.3, -0.25) is 10.0 Å². The molecule has 0 saturated carbocycles. The van der Waals surface area contributed by atoms with Crippen molar-refractivity contribution in [3.8, 4) is 28.0 Å². The number of anilines is 2. The second-order valence-electron chi connectivity index (χ2n) is 8.46. The van der Waals surface area contributed by atoms with Gasteiger partial charge in [-0.05, 0) is 60.3 Å². The molecular weight excluding hydrogens is 469 g/mol. The number of nitrogens with zero attached hydrogens (tertiary/aromatic N) is 1. The van der Waals surface area contributed by atoms with E-state index in [-0.39, 0.29) is 29.0 Å². The van der Waals surface area contributed by atoms with Crippen molar-refractivity contribution in [2.24, 2.45) is 0 Å². The third-order valence-corrected chi connectivity index (χ3v) is 7.40. The summed E-state index contributed by atoms with van der Waals surface area (Å²) in [5, 5.41) is 6.74. The lowest BCUT2D eigenvalue weighted by atomic mass is 9.96. The Bertz CT molecular complexity index is 1310. The van der Waals surface area contributed by atoms with Crippen LogP contribution in [0, 0.1) is 5.82 Å². The van der Waals surface area contributed by atoms with Crippen LogP contribution in [0.5, 0.6) is 5.75 Å². The quantitative estimate of drug-likeness (QED) is 0.371. The van der Waals surface area contributed by atoms with Crippen molar-refractivity contribution in [1.29, 1.82) is 0 Å². The molecule has 5 N–H and O–H groups in total. The van der Waals surface area contributed by atoms with Gasteiger partial charge in [0.1, 0.15) is 5.82 Å². The first-order valence-electron chi connectivity index (χ1n) is 11.5. The maximum atomic E-state index is 14.9. The van der Waals surface area contributed by atoms with Crippen molar-refractivity contribution in [3.05, 3.63) is 60.0 Å². The number of benzene rings is 2. The van der Waals surface area contributed by atoms with Crippen molar-refractivity contribution in [1.82, 2.24) is 15.6 Å². The number of methoxy groups -OCH3 is 1. The first-order chi connectivity index (χ1) is 16.8. The van der Waals surface area contributed by atoms with Crippen LogP contribution in [-0.4, -0.2) is 39.5 Å². The molecule has 2 aromatic carbocycles. The Morgan fingerprint density at radius 3 is 2.74 bits per heavy atom. The zero-order chi connectivity index (χ0) is 25.0. The molecule has 0 spiro atoms. The minimum absolute atomic E-state index is 0.0136. The summed E-state index contributed by atoms with van der Waals surface area (Å²) in [5.74, 6) is -0.776. The van der Waals surface area contributed by atoms with Crippen LogP contribution in [0.25, 0.3) is 22.3 Å². The SMILES string of the molecule is CCCS(=O)(=O)Nc1cc(-c2cc(-c3cccc(C4CCNCN4)c3)cnc2N)cc(F)c1OC. The van der Waals surface area contributed by atoms with Crippen LogP contribution < -0.4 is 25.8 Å². The van der Waals surface area contributed by atoms with Gasteiger partial charge in [0.05, 0.1) is 18.6 Å². The van der Waals surface area contributed by atoms with E-state index in [1.54, 1.807) is 13.1 Å². The monoisotopic (exact) mass is 499 g/mol. The fraction of sp³-hybridized carbons (Fsp3) is 0.320. The molecule has 8 nitrogen and oxygen atoms in total. The van der Waals surface area contributed by atoms with Crippen molar-refractivity contribution >= 4 is 21.5 Å². The fourth-order valence-electron chi connectivity index (χ4n) is 4.24. The predicted molar refractivity (Wildman–Crippen MR) is 137 cm³/mol. The predicted octanol–water partition coefficient (Wildman–Crippen LogP) is 3.88. The third-order valence-electron chi connectivity index (χ3n) is 5.92. The van der Waals surface area contributed by atoms with Crippen molar-refractivity contribution in [2.45, 2.75) is 25.8 Å². The van der Waals surface area contributed by atoms with E-state index in [0.717, 1.165) is 30.8 Å². The van der Waals surface area contributed by atoms with E-state index in [4.69, 9.17) is 10.5 Å². The smallest absolute Gasteiger partial charge is 0.232 e. The highest BCUT2D eigenvalue weighted by molar-refractivity contribution is 7.92. The number of halogens is 1. The minimum atomic E-state index is -3.66. The highest BCUT2D eigenvalue weighted by Crippen LogP contribution is 2.37. The lowest BCUT2D eigenvalue weighted by molar-refractivity contribution is 0.389. The number of aromatic nitrogens is 1. The molecule has 1 aliphatic heterocycles. The number of pyridine rings is 1. The first kappa shape index (κ1) is 24.9. The molecular formula is C25H30FN5O3S. The summed E-state index contributed by atoms with van der Waals surface area (Å²) in [6.45, 7) is 3.46. The van der Waals surface area contributed by atoms with Crippen molar-refractivity contribution < 1.29 is 17.5 Å². The maximum Gasteiger partial charge on any atom is 0.232 e. The molecule has 0 amide bonds. The Labute approximate surface area is 205 Å². The number of nitrogen functional groups attached to an aromatic ring is 1. The van der Waals surface area contributed by atoms with Gasteiger partial charge in [0.25, 0.3) is 0 Å². The van der Waals surface area contributed by atoms with Crippen molar-refractivity contribution in [3.63, 3.8) is 0 Å². The van der Waals surface area contributed by atoms with Crippen LogP contribution in [0.15, 0.2) is 48.7 Å². The van der Waals surface area contributed by atoms with Gasteiger partial charge in [-0.25, -0.2) is 17.8 Å². The third kappa shape index (κ3) is 5.72. The number of rotatable bonds is 8. The zero-order valence-corrected chi connectivity index (χ0v) is 20.6. The average Bonchev–Trinajstić information content (AvgIpc) is 2.84. The summed E-state index contributed by atoms with van der Waals surface area (Å²) in [7, 11) is -2.38. The molecule has 1 unspecified atom stereocenters. The Balaban J connectivity index is 1.74. The Morgan fingerprint density at radius 2 is 2.03 bits per heavy atom. The van der Waals surface area contributed by atoms with E-state index in [1.807, 2.05) is 18.2 Å².